The molecule has 1 aromatic carbocycles. The van der Waals surface area contributed by atoms with Gasteiger partial charge in [-0.3, -0.25) is 0 Å². The first kappa shape index (κ1) is 23.9. The normalized spacial score (nSPS) is 38.6. The van der Waals surface area contributed by atoms with Crippen molar-refractivity contribution >= 4 is 0 Å². The molecule has 2 fully saturated rings. The summed E-state index contributed by atoms with van der Waals surface area (Å²) in [4.78, 5) is 0. The van der Waals surface area contributed by atoms with Gasteiger partial charge in [0.2, 0.25) is 6.29 Å². The fourth-order valence-corrected chi connectivity index (χ4v) is 3.35. The first-order valence-corrected chi connectivity index (χ1v) is 9.79. The Balaban J connectivity index is 1.64. The van der Waals surface area contributed by atoms with E-state index in [-0.39, 0.29) is 18.1 Å². The van der Waals surface area contributed by atoms with E-state index in [1.807, 2.05) is 0 Å². The van der Waals surface area contributed by atoms with Crippen LogP contribution in [0.4, 0.5) is 0 Å². The molecule has 0 aliphatic carbocycles. The van der Waals surface area contributed by atoms with Gasteiger partial charge in [0.15, 0.2) is 17.8 Å². The second kappa shape index (κ2) is 10.2. The maximum absolute atomic E-state index is 10.2. The quantitative estimate of drug-likeness (QED) is 0.226. The van der Waals surface area contributed by atoms with E-state index in [0.717, 1.165) is 5.56 Å². The van der Waals surface area contributed by atoms with Gasteiger partial charge in [0, 0.05) is 0 Å². The first-order chi connectivity index (χ1) is 14.7. The molecular weight excluding hydrogens is 416 g/mol. The second-order valence-electron chi connectivity index (χ2n) is 7.51. The van der Waals surface area contributed by atoms with Gasteiger partial charge in [-0.15, -0.1) is 6.58 Å². The summed E-state index contributed by atoms with van der Waals surface area (Å²) < 4.78 is 21.5. The van der Waals surface area contributed by atoms with E-state index in [1.54, 1.807) is 12.1 Å². The summed E-state index contributed by atoms with van der Waals surface area (Å²) in [6.07, 6.45) is -10.9. The summed E-state index contributed by atoms with van der Waals surface area (Å²) in [5.74, 6) is -0.224. The lowest BCUT2D eigenvalue weighted by Gasteiger charge is -2.41. The van der Waals surface area contributed by atoms with Crippen molar-refractivity contribution in [2.24, 2.45) is 0 Å². The van der Waals surface area contributed by atoms with Crippen LogP contribution in [0.15, 0.2) is 30.9 Å². The third-order valence-corrected chi connectivity index (χ3v) is 5.19. The molecule has 0 bridgehead atoms. The third kappa shape index (κ3) is 5.34. The molecule has 31 heavy (non-hydrogen) atoms. The van der Waals surface area contributed by atoms with Crippen LogP contribution in [0.2, 0.25) is 0 Å². The first-order valence-electron chi connectivity index (χ1n) is 9.79. The van der Waals surface area contributed by atoms with Gasteiger partial charge in [-0.05, 0) is 24.1 Å². The van der Waals surface area contributed by atoms with Gasteiger partial charge in [0.1, 0.15) is 42.7 Å². The molecule has 0 aromatic heterocycles. The summed E-state index contributed by atoms with van der Waals surface area (Å²) in [6, 6.07) is 4.60. The molecule has 11 heteroatoms. The summed E-state index contributed by atoms with van der Waals surface area (Å²) in [5, 5.41) is 69.8. The summed E-state index contributed by atoms with van der Waals surface area (Å²) in [6.45, 7) is 2.94. The number of hydrogen-bond donors (Lipinski definition) is 7. The Kier molecular flexibility index (Phi) is 7.86. The predicted molar refractivity (Wildman–Crippen MR) is 103 cm³/mol. The maximum Gasteiger partial charge on any atom is 0.229 e. The summed E-state index contributed by atoms with van der Waals surface area (Å²) in [5.41, 5.74) is 0.782. The lowest BCUT2D eigenvalue weighted by Crippen LogP contribution is -2.61. The van der Waals surface area contributed by atoms with Crippen LogP contribution in [-0.4, -0.2) is 104 Å². The van der Waals surface area contributed by atoms with Gasteiger partial charge in [-0.2, -0.15) is 0 Å². The molecule has 2 saturated heterocycles. The molecule has 0 radical (unpaired) electrons. The minimum absolute atomic E-state index is 0.0109. The number of aromatic hydroxyl groups is 1. The lowest BCUT2D eigenvalue weighted by molar-refractivity contribution is -0.307. The molecule has 2 aliphatic heterocycles. The number of phenolic OH excluding ortho intramolecular Hbond substituents is 1. The van der Waals surface area contributed by atoms with Crippen molar-refractivity contribution in [3.63, 3.8) is 0 Å². The van der Waals surface area contributed by atoms with E-state index < -0.39 is 61.9 Å². The van der Waals surface area contributed by atoms with Gasteiger partial charge >= 0.3 is 0 Å². The Morgan fingerprint density at radius 1 is 0.968 bits per heavy atom. The lowest BCUT2D eigenvalue weighted by atomic mass is 9.99. The predicted octanol–water partition coefficient (Wildman–Crippen LogP) is -2.24. The highest BCUT2D eigenvalue weighted by atomic mass is 16.7. The number of aliphatic hydroxyl groups is 6. The van der Waals surface area contributed by atoms with Crippen LogP contribution < -0.4 is 4.74 Å². The number of benzene rings is 1. The van der Waals surface area contributed by atoms with Gasteiger partial charge in [0.05, 0.1) is 13.2 Å². The maximum atomic E-state index is 10.2. The van der Waals surface area contributed by atoms with Gasteiger partial charge in [-0.25, -0.2) is 0 Å². The number of aliphatic hydroxyl groups excluding tert-OH is 6. The fourth-order valence-electron chi connectivity index (χ4n) is 3.35. The minimum Gasteiger partial charge on any atom is -0.504 e. The Labute approximate surface area is 178 Å². The number of ether oxygens (including phenoxy) is 4. The fraction of sp³-hybridized carbons (Fsp3) is 0.600. The van der Waals surface area contributed by atoms with Crippen molar-refractivity contribution in [1.82, 2.24) is 0 Å². The van der Waals surface area contributed by atoms with Crippen molar-refractivity contribution < 1.29 is 54.7 Å². The molecule has 7 N–H and O–H groups in total. The molecule has 2 heterocycles. The van der Waals surface area contributed by atoms with Crippen molar-refractivity contribution in [3.05, 3.63) is 36.4 Å². The van der Waals surface area contributed by atoms with E-state index in [9.17, 15) is 35.7 Å². The molecule has 1 aromatic rings. The van der Waals surface area contributed by atoms with Crippen LogP contribution in [-0.2, 0) is 20.6 Å². The van der Waals surface area contributed by atoms with Crippen LogP contribution in [0, 0.1) is 0 Å². The summed E-state index contributed by atoms with van der Waals surface area (Å²) in [7, 11) is 0. The van der Waals surface area contributed by atoms with E-state index >= 15 is 0 Å². The average molecular weight is 444 g/mol. The third-order valence-electron chi connectivity index (χ3n) is 5.19. The van der Waals surface area contributed by atoms with Crippen LogP contribution in [0.5, 0.6) is 11.5 Å². The van der Waals surface area contributed by atoms with Crippen LogP contribution >= 0.6 is 0 Å². The minimum atomic E-state index is -1.65. The van der Waals surface area contributed by atoms with E-state index in [4.69, 9.17) is 18.9 Å². The highest BCUT2D eigenvalue weighted by molar-refractivity contribution is 5.42. The largest absolute Gasteiger partial charge is 0.504 e. The smallest absolute Gasteiger partial charge is 0.229 e. The summed E-state index contributed by atoms with van der Waals surface area (Å²) >= 11 is 0. The zero-order valence-electron chi connectivity index (χ0n) is 16.6. The molecule has 2 aliphatic rings. The number of rotatable bonds is 7. The molecule has 3 rings (SSSR count). The molecule has 0 spiro atoms. The van der Waals surface area contributed by atoms with Crippen LogP contribution in [0.3, 0.4) is 0 Å². The molecule has 9 atom stereocenters. The molecule has 0 unspecified atom stereocenters. The molecule has 174 valence electrons. The van der Waals surface area contributed by atoms with Crippen molar-refractivity contribution in [2.75, 3.05) is 13.2 Å². The highest BCUT2D eigenvalue weighted by Gasteiger charge is 2.46. The zero-order chi connectivity index (χ0) is 22.7. The number of allylic oxidation sites excluding steroid dienone is 1. The molecule has 11 nitrogen and oxygen atoms in total. The SMILES string of the molecule is C=CCc1ccc(O[C@@H]2O[C@H](CO[C@@H]3OC[C@@H](O)[C@H](O)[C@H]3O)[C@@H](O)[C@H](O)[C@H]2O)c(O)c1. The van der Waals surface area contributed by atoms with E-state index in [2.05, 4.69) is 6.58 Å². The van der Waals surface area contributed by atoms with Crippen molar-refractivity contribution in [2.45, 2.75) is 61.7 Å². The van der Waals surface area contributed by atoms with Gasteiger partial charge < -0.3 is 54.7 Å². The average Bonchev–Trinajstić information content (AvgIpc) is 2.74. The number of hydrogen-bond acceptors (Lipinski definition) is 11. The standard InChI is InChI=1S/C20H28O11/c1-2-3-9-4-5-12(10(21)6-9)30-20-18(27)16(25)15(24)13(31-20)8-29-19-17(26)14(23)11(22)7-28-19/h2,4-6,11,13-27H,1,3,7-8H2/t11-,13-,14+,15-,16+,17-,18-,19+,20-/m1/s1. The second-order valence-corrected chi connectivity index (χ2v) is 7.51. The van der Waals surface area contributed by atoms with Crippen molar-refractivity contribution in [3.8, 4) is 11.5 Å². The molecular formula is C20H28O11. The monoisotopic (exact) mass is 444 g/mol. The van der Waals surface area contributed by atoms with E-state index in [1.165, 1.54) is 12.1 Å². The van der Waals surface area contributed by atoms with E-state index in [0.29, 0.717) is 6.42 Å². The highest BCUT2D eigenvalue weighted by Crippen LogP contribution is 2.31. The van der Waals surface area contributed by atoms with Gasteiger partial charge in [0.25, 0.3) is 0 Å². The van der Waals surface area contributed by atoms with Crippen LogP contribution in [0.25, 0.3) is 0 Å². The Bertz CT molecular complexity index is 744. The zero-order valence-corrected chi connectivity index (χ0v) is 16.6. The molecule has 0 amide bonds. The van der Waals surface area contributed by atoms with Gasteiger partial charge in [-0.1, -0.05) is 12.1 Å². The Morgan fingerprint density at radius 2 is 1.68 bits per heavy atom. The topological polar surface area (TPSA) is 179 Å². The number of phenols is 1. The molecule has 0 saturated carbocycles. The Morgan fingerprint density at radius 3 is 2.35 bits per heavy atom. The van der Waals surface area contributed by atoms with Crippen LogP contribution in [0.1, 0.15) is 5.56 Å². The Hall–Kier alpha value is -1.80. The van der Waals surface area contributed by atoms with Crippen molar-refractivity contribution in [1.29, 1.82) is 0 Å².